The first-order valence-corrected chi connectivity index (χ1v) is 9.12. The molecule has 3 heterocycles. The van der Waals surface area contributed by atoms with Gasteiger partial charge in [0, 0.05) is 38.3 Å². The van der Waals surface area contributed by atoms with Crippen LogP contribution in [0.1, 0.15) is 31.3 Å². The minimum atomic E-state index is -0.737. The molecule has 4 amide bonds. The van der Waals surface area contributed by atoms with Crippen molar-refractivity contribution in [1.82, 2.24) is 14.7 Å². The molecule has 0 atom stereocenters. The van der Waals surface area contributed by atoms with E-state index >= 15 is 0 Å². The number of piperazine rings is 1. The number of hydrogen-bond acceptors (Lipinski definition) is 7. The summed E-state index contributed by atoms with van der Waals surface area (Å²) >= 11 is 0. The Hall–Kier alpha value is -4.02. The Kier molecular flexibility index (Phi) is 4.78. The fourth-order valence-corrected chi connectivity index (χ4v) is 3.49. The minimum Gasteiger partial charge on any atom is -0.459 e. The molecule has 0 radical (unpaired) electrons. The van der Waals surface area contributed by atoms with Gasteiger partial charge >= 0.3 is 0 Å². The summed E-state index contributed by atoms with van der Waals surface area (Å²) < 4.78 is 5.09. The van der Waals surface area contributed by atoms with Crippen LogP contribution in [0.25, 0.3) is 0 Å². The molecule has 0 saturated carbocycles. The normalized spacial score (nSPS) is 16.1. The zero-order valence-electron chi connectivity index (χ0n) is 15.6. The minimum absolute atomic E-state index is 0.0345. The lowest BCUT2D eigenvalue weighted by Gasteiger charge is -2.34. The van der Waals surface area contributed by atoms with Gasteiger partial charge in [-0.3, -0.25) is 34.2 Å². The number of carbonyl (C=O) groups excluding carboxylic acids is 4. The average molecular weight is 412 g/mol. The quantitative estimate of drug-likeness (QED) is 0.411. The van der Waals surface area contributed by atoms with Gasteiger partial charge in [-0.25, -0.2) is 0 Å². The van der Waals surface area contributed by atoms with Gasteiger partial charge in [0.15, 0.2) is 5.76 Å². The van der Waals surface area contributed by atoms with Gasteiger partial charge in [0.2, 0.25) is 5.91 Å². The van der Waals surface area contributed by atoms with Crippen molar-refractivity contribution in [1.29, 1.82) is 0 Å². The highest BCUT2D eigenvalue weighted by molar-refractivity contribution is 6.22. The molecule has 0 bridgehead atoms. The number of carbonyl (C=O) groups is 4. The topological polar surface area (TPSA) is 134 Å². The van der Waals surface area contributed by atoms with Crippen molar-refractivity contribution in [3.63, 3.8) is 0 Å². The predicted molar refractivity (Wildman–Crippen MR) is 99.7 cm³/mol. The van der Waals surface area contributed by atoms with Crippen LogP contribution in [0.15, 0.2) is 41.0 Å². The Morgan fingerprint density at radius 2 is 1.67 bits per heavy atom. The van der Waals surface area contributed by atoms with E-state index in [0.29, 0.717) is 13.1 Å². The molecule has 2 aromatic rings. The van der Waals surface area contributed by atoms with Gasteiger partial charge in [-0.15, -0.1) is 0 Å². The van der Waals surface area contributed by atoms with E-state index in [4.69, 9.17) is 4.42 Å². The highest BCUT2D eigenvalue weighted by atomic mass is 16.6. The number of nitro groups is 1. The predicted octanol–water partition coefficient (Wildman–Crippen LogP) is 0.768. The molecule has 1 aromatic heterocycles. The van der Waals surface area contributed by atoms with Crippen molar-refractivity contribution in [3.8, 4) is 0 Å². The van der Waals surface area contributed by atoms with Crippen LogP contribution >= 0.6 is 0 Å². The third-order valence-electron chi connectivity index (χ3n) is 5.11. The van der Waals surface area contributed by atoms with E-state index in [1.165, 1.54) is 17.2 Å². The van der Waals surface area contributed by atoms with E-state index in [9.17, 15) is 29.3 Å². The van der Waals surface area contributed by atoms with Gasteiger partial charge in [-0.1, -0.05) is 0 Å². The second-order valence-corrected chi connectivity index (χ2v) is 6.83. The lowest BCUT2D eigenvalue weighted by atomic mass is 10.1. The molecule has 11 nitrogen and oxygen atoms in total. The molecular weight excluding hydrogens is 396 g/mol. The molecule has 0 spiro atoms. The zero-order chi connectivity index (χ0) is 21.4. The van der Waals surface area contributed by atoms with Crippen LogP contribution in [0.2, 0.25) is 0 Å². The Labute approximate surface area is 169 Å². The molecule has 154 valence electrons. The van der Waals surface area contributed by atoms with Crippen LogP contribution in [0.5, 0.6) is 0 Å². The second kappa shape index (κ2) is 7.43. The van der Waals surface area contributed by atoms with Crippen molar-refractivity contribution in [2.45, 2.75) is 0 Å². The summed E-state index contributed by atoms with van der Waals surface area (Å²) in [4.78, 5) is 64.0. The monoisotopic (exact) mass is 412 g/mol. The maximum absolute atomic E-state index is 12.6. The van der Waals surface area contributed by atoms with Gasteiger partial charge in [0.25, 0.3) is 23.4 Å². The van der Waals surface area contributed by atoms with Crippen LogP contribution < -0.4 is 0 Å². The number of furan rings is 1. The number of hydrogen-bond donors (Lipinski definition) is 0. The molecule has 2 aliphatic rings. The van der Waals surface area contributed by atoms with Crippen LogP contribution in [0.4, 0.5) is 5.69 Å². The molecule has 11 heteroatoms. The van der Waals surface area contributed by atoms with Gasteiger partial charge in [-0.2, -0.15) is 0 Å². The van der Waals surface area contributed by atoms with Crippen molar-refractivity contribution in [3.05, 3.63) is 63.6 Å². The maximum Gasteiger partial charge on any atom is 0.289 e. The van der Waals surface area contributed by atoms with Gasteiger partial charge < -0.3 is 14.2 Å². The fourth-order valence-electron chi connectivity index (χ4n) is 3.49. The van der Waals surface area contributed by atoms with Crippen LogP contribution in [-0.2, 0) is 4.79 Å². The van der Waals surface area contributed by atoms with Crippen molar-refractivity contribution in [2.75, 3.05) is 32.7 Å². The largest absolute Gasteiger partial charge is 0.459 e. The highest BCUT2D eigenvalue weighted by Gasteiger charge is 2.39. The molecule has 4 rings (SSSR count). The number of benzene rings is 1. The third-order valence-corrected chi connectivity index (χ3v) is 5.11. The molecule has 1 aromatic carbocycles. The molecule has 1 saturated heterocycles. The SMILES string of the molecule is O=C(CN1C(=O)c2ccc([N+](=O)[O-])cc2C1=O)N1CCN(C(=O)c2ccco2)CC1. The van der Waals surface area contributed by atoms with Crippen LogP contribution in [0, 0.1) is 10.1 Å². The molecule has 0 unspecified atom stereocenters. The van der Waals surface area contributed by atoms with E-state index in [-0.39, 0.29) is 41.6 Å². The lowest BCUT2D eigenvalue weighted by molar-refractivity contribution is -0.384. The summed E-state index contributed by atoms with van der Waals surface area (Å²) in [6.07, 6.45) is 1.41. The van der Waals surface area contributed by atoms with E-state index in [1.807, 2.05) is 0 Å². The molecule has 0 N–H and O–H groups in total. The summed E-state index contributed by atoms with van der Waals surface area (Å²) in [6, 6.07) is 6.58. The van der Waals surface area contributed by atoms with E-state index in [0.717, 1.165) is 17.0 Å². The molecular formula is C19H16N4O7. The number of fused-ring (bicyclic) bond motifs is 1. The van der Waals surface area contributed by atoms with Gasteiger partial charge in [-0.05, 0) is 18.2 Å². The Morgan fingerprint density at radius 3 is 2.30 bits per heavy atom. The summed E-state index contributed by atoms with van der Waals surface area (Å²) in [7, 11) is 0. The summed E-state index contributed by atoms with van der Waals surface area (Å²) in [5.41, 5.74) is -0.358. The highest BCUT2D eigenvalue weighted by Crippen LogP contribution is 2.26. The maximum atomic E-state index is 12.6. The van der Waals surface area contributed by atoms with Crippen LogP contribution in [0.3, 0.4) is 0 Å². The summed E-state index contributed by atoms with van der Waals surface area (Å²) in [5.74, 6) is -1.89. The average Bonchev–Trinajstić information content (AvgIpc) is 3.37. The first-order chi connectivity index (χ1) is 14.4. The summed E-state index contributed by atoms with van der Waals surface area (Å²) in [6.45, 7) is 0.616. The Bertz CT molecular complexity index is 1050. The number of nitrogens with zero attached hydrogens (tertiary/aromatic N) is 4. The molecule has 0 aliphatic carbocycles. The van der Waals surface area contributed by atoms with E-state index < -0.39 is 29.2 Å². The molecule has 30 heavy (non-hydrogen) atoms. The zero-order valence-corrected chi connectivity index (χ0v) is 15.6. The van der Waals surface area contributed by atoms with E-state index in [1.54, 1.807) is 17.0 Å². The molecule has 2 aliphatic heterocycles. The number of nitro benzene ring substituents is 1. The summed E-state index contributed by atoms with van der Waals surface area (Å²) in [5, 5.41) is 10.9. The van der Waals surface area contributed by atoms with Gasteiger partial charge in [0.05, 0.1) is 22.3 Å². The smallest absolute Gasteiger partial charge is 0.289 e. The number of rotatable bonds is 4. The Balaban J connectivity index is 1.39. The lowest BCUT2D eigenvalue weighted by Crippen LogP contribution is -2.53. The Morgan fingerprint density at radius 1 is 1.00 bits per heavy atom. The first-order valence-electron chi connectivity index (χ1n) is 9.12. The van der Waals surface area contributed by atoms with Crippen molar-refractivity contribution in [2.24, 2.45) is 0 Å². The van der Waals surface area contributed by atoms with Gasteiger partial charge in [0.1, 0.15) is 6.54 Å². The van der Waals surface area contributed by atoms with Crippen molar-refractivity contribution < 1.29 is 28.5 Å². The second-order valence-electron chi connectivity index (χ2n) is 6.83. The van der Waals surface area contributed by atoms with Crippen LogP contribution in [-0.4, -0.2) is 76.0 Å². The first kappa shape index (κ1) is 19.3. The fraction of sp³-hybridized carbons (Fsp3) is 0.263. The standard InChI is InChI=1S/C19H16N4O7/c24-16(20-5-7-21(8-6-20)19(27)15-2-1-9-30-15)11-22-17(25)13-4-3-12(23(28)29)10-14(13)18(22)26/h1-4,9-10H,5-8,11H2. The third kappa shape index (κ3) is 3.30. The number of non-ortho nitro benzene ring substituents is 1. The molecule has 1 fully saturated rings. The number of amides is 4. The van der Waals surface area contributed by atoms with E-state index in [2.05, 4.69) is 0 Å². The number of imide groups is 1. The van der Waals surface area contributed by atoms with Crippen molar-refractivity contribution >= 4 is 29.3 Å².